The van der Waals surface area contributed by atoms with Crippen LogP contribution in [-0.2, 0) is 6.54 Å². The molecular formula is C19H20N4O3. The number of aromatic nitrogens is 3. The van der Waals surface area contributed by atoms with Crippen LogP contribution in [0.3, 0.4) is 0 Å². The maximum Gasteiger partial charge on any atom is 0.257 e. The highest BCUT2D eigenvalue weighted by atomic mass is 16.5. The molecule has 7 nitrogen and oxygen atoms in total. The van der Waals surface area contributed by atoms with Crippen LogP contribution in [0.5, 0.6) is 11.5 Å². The zero-order chi connectivity index (χ0) is 18.1. The fourth-order valence-corrected chi connectivity index (χ4v) is 3.27. The number of carbonyl (C=O) groups is 1. The van der Waals surface area contributed by atoms with Gasteiger partial charge in [-0.05, 0) is 19.4 Å². The molecule has 0 atom stereocenters. The fraction of sp³-hybridized carbons (Fsp3) is 0.316. The van der Waals surface area contributed by atoms with Gasteiger partial charge in [0.1, 0.15) is 0 Å². The van der Waals surface area contributed by atoms with Gasteiger partial charge in [0.05, 0.1) is 31.2 Å². The zero-order valence-electron chi connectivity index (χ0n) is 14.8. The molecule has 1 aromatic carbocycles. The van der Waals surface area contributed by atoms with E-state index in [4.69, 9.17) is 9.47 Å². The smallest absolute Gasteiger partial charge is 0.257 e. The van der Waals surface area contributed by atoms with E-state index in [0.29, 0.717) is 36.8 Å². The summed E-state index contributed by atoms with van der Waals surface area (Å²) in [6.07, 6.45) is 4.07. The van der Waals surface area contributed by atoms with Crippen molar-refractivity contribution in [3.8, 4) is 11.5 Å². The first-order chi connectivity index (χ1) is 12.7. The monoisotopic (exact) mass is 352 g/mol. The molecule has 0 unspecified atom stereocenters. The Morgan fingerprint density at radius 3 is 3.04 bits per heavy atom. The quantitative estimate of drug-likeness (QED) is 0.709. The van der Waals surface area contributed by atoms with Crippen LogP contribution in [0.15, 0.2) is 36.7 Å². The number of ether oxygens (including phenoxy) is 2. The normalized spacial score (nSPS) is 14.3. The Labute approximate surface area is 151 Å². The fourth-order valence-electron chi connectivity index (χ4n) is 3.27. The van der Waals surface area contributed by atoms with Crippen LogP contribution >= 0.6 is 0 Å². The summed E-state index contributed by atoms with van der Waals surface area (Å²) in [5, 5.41) is 4.25. The maximum atomic E-state index is 13.2. The number of hydrogen-bond acceptors (Lipinski definition) is 5. The van der Waals surface area contributed by atoms with Crippen molar-refractivity contribution in [2.75, 3.05) is 20.3 Å². The Hall–Kier alpha value is -3.09. The van der Waals surface area contributed by atoms with E-state index in [1.165, 1.54) is 0 Å². The Morgan fingerprint density at radius 2 is 2.19 bits per heavy atom. The molecule has 7 heteroatoms. The third-order valence-corrected chi connectivity index (χ3v) is 4.63. The van der Waals surface area contributed by atoms with E-state index in [-0.39, 0.29) is 5.91 Å². The van der Waals surface area contributed by atoms with E-state index in [0.717, 1.165) is 23.3 Å². The molecule has 3 aromatic rings. The van der Waals surface area contributed by atoms with Crippen molar-refractivity contribution in [3.05, 3.63) is 53.5 Å². The van der Waals surface area contributed by atoms with E-state index in [2.05, 4.69) is 10.1 Å². The van der Waals surface area contributed by atoms with Crippen molar-refractivity contribution in [2.24, 2.45) is 0 Å². The largest absolute Gasteiger partial charge is 0.493 e. The SMILES string of the molecule is COc1cccc2c1OCCCN(C(=O)c1cnc3ccnn3c1C)C2. The Bertz CT molecular complexity index is 967. The van der Waals surface area contributed by atoms with Crippen LogP contribution < -0.4 is 9.47 Å². The van der Waals surface area contributed by atoms with E-state index >= 15 is 0 Å². The molecule has 1 aliphatic heterocycles. The first-order valence-corrected chi connectivity index (χ1v) is 8.56. The van der Waals surface area contributed by atoms with Crippen LogP contribution in [-0.4, -0.2) is 45.7 Å². The lowest BCUT2D eigenvalue weighted by molar-refractivity contribution is 0.0719. The summed E-state index contributed by atoms with van der Waals surface area (Å²) in [6, 6.07) is 7.56. The number of benzene rings is 1. The average molecular weight is 352 g/mol. The topological polar surface area (TPSA) is 69.0 Å². The molecule has 0 aliphatic carbocycles. The summed E-state index contributed by atoms with van der Waals surface area (Å²) < 4.78 is 13.0. The number of carbonyl (C=O) groups excluding carboxylic acids is 1. The van der Waals surface area contributed by atoms with Gasteiger partial charge in [-0.15, -0.1) is 0 Å². The first-order valence-electron chi connectivity index (χ1n) is 8.56. The van der Waals surface area contributed by atoms with Crippen LogP contribution in [0.25, 0.3) is 5.65 Å². The molecule has 134 valence electrons. The highest BCUT2D eigenvalue weighted by Crippen LogP contribution is 2.33. The second kappa shape index (κ2) is 6.67. The van der Waals surface area contributed by atoms with Crippen molar-refractivity contribution >= 4 is 11.6 Å². The van der Waals surface area contributed by atoms with Crippen molar-refractivity contribution in [2.45, 2.75) is 19.9 Å². The predicted octanol–water partition coefficient (Wildman–Crippen LogP) is 2.47. The highest BCUT2D eigenvalue weighted by molar-refractivity contribution is 5.95. The van der Waals surface area contributed by atoms with Crippen LogP contribution in [0.4, 0.5) is 0 Å². The molecule has 0 spiro atoms. The minimum absolute atomic E-state index is 0.0527. The Morgan fingerprint density at radius 1 is 1.31 bits per heavy atom. The number of aryl methyl sites for hydroxylation is 1. The Balaban J connectivity index is 1.69. The summed E-state index contributed by atoms with van der Waals surface area (Å²) in [5.74, 6) is 1.35. The molecule has 26 heavy (non-hydrogen) atoms. The number of methoxy groups -OCH3 is 1. The van der Waals surface area contributed by atoms with Gasteiger partial charge >= 0.3 is 0 Å². The zero-order valence-corrected chi connectivity index (χ0v) is 14.8. The Kier molecular flexibility index (Phi) is 4.20. The van der Waals surface area contributed by atoms with Crippen LogP contribution in [0, 0.1) is 6.92 Å². The van der Waals surface area contributed by atoms with Gasteiger partial charge in [-0.1, -0.05) is 12.1 Å². The lowest BCUT2D eigenvalue weighted by Crippen LogP contribution is -2.34. The molecule has 2 aromatic heterocycles. The highest BCUT2D eigenvalue weighted by Gasteiger charge is 2.24. The molecular weight excluding hydrogens is 332 g/mol. The molecule has 0 N–H and O–H groups in total. The third-order valence-electron chi connectivity index (χ3n) is 4.63. The van der Waals surface area contributed by atoms with Crippen molar-refractivity contribution in [1.29, 1.82) is 0 Å². The molecule has 3 heterocycles. The van der Waals surface area contributed by atoms with Crippen molar-refractivity contribution < 1.29 is 14.3 Å². The number of nitrogens with zero attached hydrogens (tertiary/aromatic N) is 4. The molecule has 0 radical (unpaired) electrons. The summed E-state index contributed by atoms with van der Waals surface area (Å²) >= 11 is 0. The molecule has 0 saturated heterocycles. The lowest BCUT2D eigenvalue weighted by Gasteiger charge is -2.27. The number of amides is 1. The molecule has 0 saturated carbocycles. The number of fused-ring (bicyclic) bond motifs is 2. The maximum absolute atomic E-state index is 13.2. The van der Waals surface area contributed by atoms with Gasteiger partial charge in [0.25, 0.3) is 5.91 Å². The number of para-hydroxylation sites is 1. The van der Waals surface area contributed by atoms with E-state index in [9.17, 15) is 4.79 Å². The molecule has 1 amide bonds. The van der Waals surface area contributed by atoms with Crippen LogP contribution in [0.2, 0.25) is 0 Å². The summed E-state index contributed by atoms with van der Waals surface area (Å²) in [5.41, 5.74) is 3.01. The average Bonchev–Trinajstić information content (AvgIpc) is 3.11. The van der Waals surface area contributed by atoms with Gasteiger partial charge in [-0.25, -0.2) is 9.50 Å². The van der Waals surface area contributed by atoms with Gasteiger partial charge < -0.3 is 14.4 Å². The standard InChI is InChI=1S/C19H20N4O3/c1-13-15(11-20-17-7-8-21-23(13)17)19(24)22-9-4-10-26-18-14(12-22)5-3-6-16(18)25-2/h3,5-8,11H,4,9-10,12H2,1-2H3. The van der Waals surface area contributed by atoms with Gasteiger partial charge in [-0.2, -0.15) is 5.10 Å². The van der Waals surface area contributed by atoms with E-state index in [1.54, 1.807) is 24.0 Å². The third kappa shape index (κ3) is 2.75. The number of rotatable bonds is 2. The van der Waals surface area contributed by atoms with Gasteiger partial charge in [0.15, 0.2) is 17.1 Å². The van der Waals surface area contributed by atoms with Gasteiger partial charge in [-0.3, -0.25) is 4.79 Å². The first kappa shape index (κ1) is 16.4. The summed E-state index contributed by atoms with van der Waals surface area (Å²) in [7, 11) is 1.62. The van der Waals surface area contributed by atoms with E-state index in [1.807, 2.05) is 36.1 Å². The molecule has 0 bridgehead atoms. The number of hydrogen-bond donors (Lipinski definition) is 0. The molecule has 4 rings (SSSR count). The van der Waals surface area contributed by atoms with Crippen molar-refractivity contribution in [1.82, 2.24) is 19.5 Å². The molecule has 0 fully saturated rings. The summed E-state index contributed by atoms with van der Waals surface area (Å²) in [6.45, 7) is 3.50. The van der Waals surface area contributed by atoms with Gasteiger partial charge in [0, 0.05) is 30.9 Å². The minimum Gasteiger partial charge on any atom is -0.493 e. The molecule has 1 aliphatic rings. The predicted molar refractivity (Wildman–Crippen MR) is 95.6 cm³/mol. The van der Waals surface area contributed by atoms with Crippen LogP contribution in [0.1, 0.15) is 28.0 Å². The minimum atomic E-state index is -0.0527. The summed E-state index contributed by atoms with van der Waals surface area (Å²) in [4.78, 5) is 19.4. The van der Waals surface area contributed by atoms with Crippen molar-refractivity contribution in [3.63, 3.8) is 0 Å². The second-order valence-electron chi connectivity index (χ2n) is 6.24. The lowest BCUT2D eigenvalue weighted by atomic mass is 10.1. The second-order valence-corrected chi connectivity index (χ2v) is 6.24. The van der Waals surface area contributed by atoms with E-state index < -0.39 is 0 Å². The van der Waals surface area contributed by atoms with Gasteiger partial charge in [0.2, 0.25) is 0 Å².